The second-order valence-corrected chi connectivity index (χ2v) is 6.91. The van der Waals surface area contributed by atoms with Crippen molar-refractivity contribution < 1.29 is 18.1 Å². The Morgan fingerprint density at radius 2 is 2.05 bits per heavy atom. The smallest absolute Gasteiger partial charge is 0.293 e. The van der Waals surface area contributed by atoms with E-state index in [-0.39, 0.29) is 28.5 Å². The summed E-state index contributed by atoms with van der Waals surface area (Å²) in [4.78, 5) is 10.0. The van der Waals surface area contributed by atoms with Crippen LogP contribution in [0.25, 0.3) is 0 Å². The maximum Gasteiger partial charge on any atom is 0.293 e. The Hall–Kier alpha value is -1.71. The molecule has 21 heavy (non-hydrogen) atoms. The highest BCUT2D eigenvalue weighted by atomic mass is 32.2. The maximum atomic E-state index is 12.4. The number of rotatable bonds is 5. The highest BCUT2D eigenvalue weighted by Gasteiger charge is 2.54. The van der Waals surface area contributed by atoms with Gasteiger partial charge in [-0.2, -0.15) is 0 Å². The number of hydrogen-bond acceptors (Lipinski definition) is 6. The quantitative estimate of drug-likeness (QED) is 0.589. The van der Waals surface area contributed by atoms with Crippen LogP contribution in [0.2, 0.25) is 0 Å². The molecule has 2 atom stereocenters. The van der Waals surface area contributed by atoms with Crippen molar-refractivity contribution in [3.63, 3.8) is 0 Å². The van der Waals surface area contributed by atoms with Crippen LogP contribution in [0.15, 0.2) is 23.1 Å². The minimum absolute atomic E-state index is 0.127. The van der Waals surface area contributed by atoms with Gasteiger partial charge in [0.15, 0.2) is 4.90 Å². The Bertz CT molecular complexity index is 680. The first-order valence-electron chi connectivity index (χ1n) is 6.49. The first-order chi connectivity index (χ1) is 9.94. The van der Waals surface area contributed by atoms with Crippen LogP contribution in [-0.4, -0.2) is 39.6 Å². The fraction of sp³-hybridized carbons (Fsp3) is 0.500. The summed E-state index contributed by atoms with van der Waals surface area (Å²) in [6.07, 6.45) is 0. The van der Waals surface area contributed by atoms with Crippen molar-refractivity contribution in [3.8, 4) is 5.75 Å². The van der Waals surface area contributed by atoms with Gasteiger partial charge in [0.2, 0.25) is 10.0 Å². The van der Waals surface area contributed by atoms with Crippen molar-refractivity contribution >= 4 is 15.7 Å². The fourth-order valence-electron chi connectivity index (χ4n) is 2.83. The summed E-state index contributed by atoms with van der Waals surface area (Å²) < 4.78 is 32.2. The van der Waals surface area contributed by atoms with E-state index in [9.17, 15) is 18.5 Å². The number of nitro benzene ring substituents is 1. The molecule has 114 valence electrons. The summed E-state index contributed by atoms with van der Waals surface area (Å²) in [5, 5.41) is 14.2. The van der Waals surface area contributed by atoms with Gasteiger partial charge in [-0.15, -0.1) is 0 Å². The molecule has 1 aromatic rings. The molecule has 0 aromatic heterocycles. The van der Waals surface area contributed by atoms with Crippen molar-refractivity contribution in [2.24, 2.45) is 11.8 Å². The number of nitrogens with one attached hydrogen (secondary N) is 2. The number of methoxy groups -OCH3 is 1. The number of nitro groups is 1. The van der Waals surface area contributed by atoms with Crippen molar-refractivity contribution in [1.82, 2.24) is 10.0 Å². The number of ether oxygens (including phenoxy) is 1. The molecular formula is C12H15N3O5S. The van der Waals surface area contributed by atoms with Crippen LogP contribution < -0.4 is 14.8 Å². The predicted octanol–water partition coefficient (Wildman–Crippen LogP) is 0.0995. The largest absolute Gasteiger partial charge is 0.497 e. The third-order valence-electron chi connectivity index (χ3n) is 4.04. The SMILES string of the molecule is COc1ccc(S(=O)(=O)NC2C3CNCC32)c([N+](=O)[O-])c1. The topological polar surface area (TPSA) is 111 Å². The molecule has 0 bridgehead atoms. The summed E-state index contributed by atoms with van der Waals surface area (Å²) in [7, 11) is -2.55. The molecule has 1 saturated heterocycles. The first-order valence-corrected chi connectivity index (χ1v) is 7.98. The molecule has 0 amide bonds. The highest BCUT2D eigenvalue weighted by molar-refractivity contribution is 7.89. The average Bonchev–Trinajstić information content (AvgIpc) is 2.89. The summed E-state index contributed by atoms with van der Waals surface area (Å²) in [6.45, 7) is 1.56. The van der Waals surface area contributed by atoms with Gasteiger partial charge >= 0.3 is 0 Å². The van der Waals surface area contributed by atoms with Gasteiger partial charge in [0.05, 0.1) is 18.1 Å². The summed E-state index contributed by atoms with van der Waals surface area (Å²) in [5.41, 5.74) is -0.481. The zero-order chi connectivity index (χ0) is 15.2. The summed E-state index contributed by atoms with van der Waals surface area (Å²) in [5.74, 6) is 0.822. The molecule has 0 radical (unpaired) electrons. The molecule has 8 nitrogen and oxygen atoms in total. The second-order valence-electron chi connectivity index (χ2n) is 5.22. The van der Waals surface area contributed by atoms with Gasteiger partial charge in [-0.05, 0) is 37.1 Å². The van der Waals surface area contributed by atoms with Crippen LogP contribution in [0, 0.1) is 22.0 Å². The maximum absolute atomic E-state index is 12.4. The van der Waals surface area contributed by atoms with Gasteiger partial charge in [0, 0.05) is 6.04 Å². The minimum atomic E-state index is -3.91. The van der Waals surface area contributed by atoms with E-state index in [1.165, 1.54) is 19.2 Å². The number of fused-ring (bicyclic) bond motifs is 1. The fourth-order valence-corrected chi connectivity index (χ4v) is 4.32. The molecule has 0 spiro atoms. The van der Waals surface area contributed by atoms with E-state index < -0.39 is 20.6 Å². The Kier molecular flexibility index (Phi) is 3.34. The van der Waals surface area contributed by atoms with Crippen molar-refractivity contribution in [2.45, 2.75) is 10.9 Å². The Morgan fingerprint density at radius 1 is 1.38 bits per heavy atom. The molecule has 1 aliphatic carbocycles. The molecular weight excluding hydrogens is 298 g/mol. The van der Waals surface area contributed by atoms with Crippen molar-refractivity contribution in [2.75, 3.05) is 20.2 Å². The summed E-state index contributed by atoms with van der Waals surface area (Å²) in [6, 6.07) is 3.59. The standard InChI is InChI=1S/C12H15N3O5S/c1-20-7-2-3-11(10(4-7)15(16)17)21(18,19)14-12-8-5-13-6-9(8)12/h2-4,8-9,12-14H,5-6H2,1H3. The Balaban J connectivity index is 1.89. The molecule has 2 unspecified atom stereocenters. The van der Waals surface area contributed by atoms with E-state index in [1.54, 1.807) is 0 Å². The third-order valence-corrected chi connectivity index (χ3v) is 5.54. The van der Waals surface area contributed by atoms with Crippen LogP contribution in [0.3, 0.4) is 0 Å². The van der Waals surface area contributed by atoms with E-state index in [0.29, 0.717) is 0 Å². The van der Waals surface area contributed by atoms with Gasteiger partial charge in [0.1, 0.15) is 5.75 Å². The van der Waals surface area contributed by atoms with Crippen molar-refractivity contribution in [1.29, 1.82) is 0 Å². The number of benzene rings is 1. The van der Waals surface area contributed by atoms with E-state index in [1.807, 2.05) is 0 Å². The predicted molar refractivity (Wildman–Crippen MR) is 73.6 cm³/mol. The molecule has 9 heteroatoms. The lowest BCUT2D eigenvalue weighted by atomic mass is 10.3. The summed E-state index contributed by atoms with van der Waals surface area (Å²) >= 11 is 0. The Labute approximate surface area is 121 Å². The minimum Gasteiger partial charge on any atom is -0.497 e. The number of piperidine rings is 1. The van der Waals surface area contributed by atoms with Gasteiger partial charge in [-0.1, -0.05) is 0 Å². The molecule has 2 N–H and O–H groups in total. The van der Waals surface area contributed by atoms with E-state index in [2.05, 4.69) is 10.0 Å². The zero-order valence-corrected chi connectivity index (χ0v) is 12.1. The van der Waals surface area contributed by atoms with Crippen LogP contribution in [0.5, 0.6) is 5.75 Å². The second kappa shape index (κ2) is 4.93. The average molecular weight is 313 g/mol. The van der Waals surface area contributed by atoms with Gasteiger partial charge < -0.3 is 10.1 Å². The Morgan fingerprint density at radius 3 is 2.62 bits per heavy atom. The van der Waals surface area contributed by atoms with Crippen LogP contribution in [-0.2, 0) is 10.0 Å². The molecule has 1 saturated carbocycles. The number of hydrogen-bond donors (Lipinski definition) is 2. The lowest BCUT2D eigenvalue weighted by Crippen LogP contribution is -2.32. The molecule has 2 aliphatic rings. The third kappa shape index (κ3) is 2.47. The number of sulfonamides is 1. The lowest BCUT2D eigenvalue weighted by molar-refractivity contribution is -0.387. The van der Waals surface area contributed by atoms with Crippen molar-refractivity contribution in [3.05, 3.63) is 28.3 Å². The van der Waals surface area contributed by atoms with Crippen LogP contribution >= 0.6 is 0 Å². The van der Waals surface area contributed by atoms with Gasteiger partial charge in [-0.25, -0.2) is 13.1 Å². The zero-order valence-electron chi connectivity index (χ0n) is 11.3. The van der Waals surface area contributed by atoms with Gasteiger partial charge in [0.25, 0.3) is 5.69 Å². The first kappa shape index (κ1) is 14.2. The van der Waals surface area contributed by atoms with Crippen LogP contribution in [0.1, 0.15) is 0 Å². The lowest BCUT2D eigenvalue weighted by Gasteiger charge is -2.10. The molecule has 2 fully saturated rings. The monoisotopic (exact) mass is 313 g/mol. The van der Waals surface area contributed by atoms with E-state index in [4.69, 9.17) is 4.74 Å². The highest BCUT2D eigenvalue weighted by Crippen LogP contribution is 2.43. The molecule has 1 aliphatic heterocycles. The van der Waals surface area contributed by atoms with E-state index >= 15 is 0 Å². The van der Waals surface area contributed by atoms with Crippen LogP contribution in [0.4, 0.5) is 5.69 Å². The number of nitrogens with zero attached hydrogens (tertiary/aromatic N) is 1. The van der Waals surface area contributed by atoms with E-state index in [0.717, 1.165) is 19.2 Å². The molecule has 1 heterocycles. The normalized spacial score (nSPS) is 27.2. The molecule has 3 rings (SSSR count). The molecule has 1 aromatic carbocycles. The van der Waals surface area contributed by atoms with Gasteiger partial charge in [-0.3, -0.25) is 10.1 Å².